The van der Waals surface area contributed by atoms with Crippen LogP contribution in [0.25, 0.3) is 0 Å². The minimum atomic E-state index is -0.463. The van der Waals surface area contributed by atoms with E-state index in [0.717, 1.165) is 22.7 Å². The molecule has 80 valence electrons. The summed E-state index contributed by atoms with van der Waals surface area (Å²) in [7, 11) is 0. The Labute approximate surface area is 93.8 Å². The minimum Gasteiger partial charge on any atom is -0.320 e. The molecule has 1 atom stereocenters. The second kappa shape index (κ2) is 3.83. The van der Waals surface area contributed by atoms with E-state index in [-0.39, 0.29) is 5.91 Å². The molecule has 0 bridgehead atoms. The van der Waals surface area contributed by atoms with Gasteiger partial charge in [-0.2, -0.15) is 0 Å². The maximum absolute atomic E-state index is 11.8. The lowest BCUT2D eigenvalue weighted by Gasteiger charge is -2.19. The van der Waals surface area contributed by atoms with Crippen LogP contribution in [0.5, 0.6) is 0 Å². The molecule has 1 aliphatic heterocycles. The Balaban J connectivity index is 2.37. The molecular weight excluding hydrogens is 212 g/mol. The fourth-order valence-electron chi connectivity index (χ4n) is 1.87. The van der Waals surface area contributed by atoms with Crippen molar-refractivity contribution < 1.29 is 4.79 Å². The number of rotatable bonds is 1. The number of fused-ring (bicyclic) bond motifs is 1. The molecule has 2 rings (SSSR count). The molecule has 1 heterocycles. The Morgan fingerprint density at radius 1 is 1.60 bits per heavy atom. The number of carbonyl (C=O) groups excluding carboxylic acids is 1. The number of amides is 1. The van der Waals surface area contributed by atoms with Gasteiger partial charge in [0, 0.05) is 17.3 Å². The molecule has 0 fully saturated rings. The Morgan fingerprint density at radius 3 is 3.00 bits per heavy atom. The third-order valence-electron chi connectivity index (χ3n) is 2.63. The highest BCUT2D eigenvalue weighted by atomic mass is 35.5. The van der Waals surface area contributed by atoms with Crippen LogP contribution in [0.4, 0.5) is 5.69 Å². The van der Waals surface area contributed by atoms with Crippen LogP contribution in [0, 0.1) is 0 Å². The van der Waals surface area contributed by atoms with E-state index >= 15 is 0 Å². The van der Waals surface area contributed by atoms with E-state index in [1.807, 2.05) is 18.2 Å². The maximum atomic E-state index is 11.8. The molecule has 1 amide bonds. The fourth-order valence-corrected chi connectivity index (χ4v) is 2.13. The van der Waals surface area contributed by atoms with Gasteiger partial charge in [0.25, 0.3) is 0 Å². The molecule has 1 aromatic carbocycles. The van der Waals surface area contributed by atoms with Gasteiger partial charge < -0.3 is 10.6 Å². The SMILES string of the molecule is CC(N)C(=O)N1CCc2c(Cl)cccc21. The summed E-state index contributed by atoms with van der Waals surface area (Å²) in [5, 5.41) is 0.729. The van der Waals surface area contributed by atoms with Crippen LogP contribution < -0.4 is 10.6 Å². The quantitative estimate of drug-likeness (QED) is 0.787. The number of hydrogen-bond donors (Lipinski definition) is 1. The first-order valence-corrected chi connectivity index (χ1v) is 5.33. The van der Waals surface area contributed by atoms with Gasteiger partial charge in [-0.3, -0.25) is 4.79 Å². The van der Waals surface area contributed by atoms with Crippen molar-refractivity contribution in [1.82, 2.24) is 0 Å². The first kappa shape index (κ1) is 10.5. The van der Waals surface area contributed by atoms with Crippen molar-refractivity contribution in [1.29, 1.82) is 0 Å². The first-order chi connectivity index (χ1) is 7.11. The monoisotopic (exact) mass is 224 g/mol. The van der Waals surface area contributed by atoms with E-state index in [4.69, 9.17) is 17.3 Å². The van der Waals surface area contributed by atoms with Crippen LogP contribution >= 0.6 is 11.6 Å². The Kier molecular flexibility index (Phi) is 2.67. The number of carbonyl (C=O) groups is 1. The summed E-state index contributed by atoms with van der Waals surface area (Å²) in [4.78, 5) is 13.5. The van der Waals surface area contributed by atoms with Gasteiger partial charge in [0.1, 0.15) is 0 Å². The zero-order chi connectivity index (χ0) is 11.0. The molecular formula is C11H13ClN2O. The average Bonchev–Trinajstić information content (AvgIpc) is 2.61. The molecule has 3 nitrogen and oxygen atoms in total. The van der Waals surface area contributed by atoms with Crippen LogP contribution in [-0.4, -0.2) is 18.5 Å². The van der Waals surface area contributed by atoms with Crippen LogP contribution in [0.3, 0.4) is 0 Å². The Bertz CT molecular complexity index is 404. The van der Waals surface area contributed by atoms with Crippen LogP contribution in [0.1, 0.15) is 12.5 Å². The Morgan fingerprint density at radius 2 is 2.33 bits per heavy atom. The average molecular weight is 225 g/mol. The number of halogens is 1. The zero-order valence-corrected chi connectivity index (χ0v) is 9.29. The second-order valence-electron chi connectivity index (χ2n) is 3.77. The lowest BCUT2D eigenvalue weighted by Crippen LogP contribution is -2.41. The number of benzene rings is 1. The molecule has 1 aromatic rings. The predicted molar refractivity (Wildman–Crippen MR) is 61.2 cm³/mol. The number of nitrogens with zero attached hydrogens (tertiary/aromatic N) is 1. The van der Waals surface area contributed by atoms with E-state index < -0.39 is 6.04 Å². The van der Waals surface area contributed by atoms with Crippen LogP contribution in [0.2, 0.25) is 5.02 Å². The van der Waals surface area contributed by atoms with Gasteiger partial charge in [0.2, 0.25) is 5.91 Å². The van der Waals surface area contributed by atoms with Gasteiger partial charge in [-0.05, 0) is 31.0 Å². The third-order valence-corrected chi connectivity index (χ3v) is 2.98. The molecule has 0 aromatic heterocycles. The molecule has 2 N–H and O–H groups in total. The van der Waals surface area contributed by atoms with Crippen molar-refractivity contribution >= 4 is 23.2 Å². The first-order valence-electron chi connectivity index (χ1n) is 4.95. The van der Waals surface area contributed by atoms with Gasteiger partial charge in [-0.25, -0.2) is 0 Å². The normalized spacial score (nSPS) is 16.3. The summed E-state index contributed by atoms with van der Waals surface area (Å²) in [6, 6.07) is 5.15. The summed E-state index contributed by atoms with van der Waals surface area (Å²) in [5.74, 6) is -0.0454. The summed E-state index contributed by atoms with van der Waals surface area (Å²) in [5.41, 5.74) is 7.54. The van der Waals surface area contributed by atoms with E-state index in [0.29, 0.717) is 6.54 Å². The summed E-state index contributed by atoms with van der Waals surface area (Å²) < 4.78 is 0. The fraction of sp³-hybridized carbons (Fsp3) is 0.364. The summed E-state index contributed by atoms with van der Waals surface area (Å²) in [6.45, 7) is 2.38. The van der Waals surface area contributed by atoms with Gasteiger partial charge >= 0.3 is 0 Å². The second-order valence-corrected chi connectivity index (χ2v) is 4.17. The largest absolute Gasteiger partial charge is 0.320 e. The van der Waals surface area contributed by atoms with Crippen molar-refractivity contribution in [3.05, 3.63) is 28.8 Å². The third kappa shape index (κ3) is 1.73. The molecule has 0 saturated heterocycles. The van der Waals surface area contributed by atoms with Crippen molar-refractivity contribution in [3.63, 3.8) is 0 Å². The lowest BCUT2D eigenvalue weighted by atomic mass is 10.2. The molecule has 15 heavy (non-hydrogen) atoms. The van der Waals surface area contributed by atoms with E-state index in [9.17, 15) is 4.79 Å². The highest BCUT2D eigenvalue weighted by Crippen LogP contribution is 2.33. The van der Waals surface area contributed by atoms with Crippen molar-refractivity contribution in [2.24, 2.45) is 5.73 Å². The zero-order valence-electron chi connectivity index (χ0n) is 8.53. The molecule has 0 saturated carbocycles. The number of nitrogens with two attached hydrogens (primary N) is 1. The van der Waals surface area contributed by atoms with Crippen LogP contribution in [-0.2, 0) is 11.2 Å². The van der Waals surface area contributed by atoms with Gasteiger partial charge in [0.05, 0.1) is 6.04 Å². The van der Waals surface area contributed by atoms with Gasteiger partial charge in [0.15, 0.2) is 0 Å². The predicted octanol–water partition coefficient (Wildman–Crippen LogP) is 1.58. The van der Waals surface area contributed by atoms with Crippen molar-refractivity contribution in [2.45, 2.75) is 19.4 Å². The molecule has 1 aliphatic rings. The number of hydrogen-bond acceptors (Lipinski definition) is 2. The smallest absolute Gasteiger partial charge is 0.243 e. The highest BCUT2D eigenvalue weighted by molar-refractivity contribution is 6.32. The summed E-state index contributed by atoms with van der Waals surface area (Å²) >= 11 is 6.05. The van der Waals surface area contributed by atoms with Gasteiger partial charge in [-0.1, -0.05) is 17.7 Å². The van der Waals surface area contributed by atoms with E-state index in [1.165, 1.54) is 0 Å². The van der Waals surface area contributed by atoms with E-state index in [1.54, 1.807) is 11.8 Å². The molecule has 0 radical (unpaired) electrons. The van der Waals surface area contributed by atoms with E-state index in [2.05, 4.69) is 0 Å². The molecule has 0 spiro atoms. The highest BCUT2D eigenvalue weighted by Gasteiger charge is 2.27. The molecule has 4 heteroatoms. The Hall–Kier alpha value is -1.06. The van der Waals surface area contributed by atoms with Gasteiger partial charge in [-0.15, -0.1) is 0 Å². The topological polar surface area (TPSA) is 46.3 Å². The minimum absolute atomic E-state index is 0.0454. The van der Waals surface area contributed by atoms with Crippen molar-refractivity contribution in [2.75, 3.05) is 11.4 Å². The van der Waals surface area contributed by atoms with Crippen molar-refractivity contribution in [3.8, 4) is 0 Å². The number of anilines is 1. The molecule has 0 aliphatic carbocycles. The molecule has 1 unspecified atom stereocenters. The lowest BCUT2D eigenvalue weighted by molar-refractivity contribution is -0.119. The van der Waals surface area contributed by atoms with Crippen LogP contribution in [0.15, 0.2) is 18.2 Å². The standard InChI is InChI=1S/C11H13ClN2O/c1-7(13)11(15)14-6-5-8-9(12)3-2-4-10(8)14/h2-4,7H,5-6,13H2,1H3. The summed E-state index contributed by atoms with van der Waals surface area (Å²) in [6.07, 6.45) is 0.813. The maximum Gasteiger partial charge on any atom is 0.243 e.